The number of benzene rings is 1. The highest BCUT2D eigenvalue weighted by Gasteiger charge is 2.43. The molecule has 0 radical (unpaired) electrons. The molecule has 0 saturated carbocycles. The van der Waals surface area contributed by atoms with Crippen molar-refractivity contribution in [3.8, 4) is 28.4 Å². The maximum absolute atomic E-state index is 12.8. The van der Waals surface area contributed by atoms with Gasteiger partial charge in [0.15, 0.2) is 11.5 Å². The van der Waals surface area contributed by atoms with Crippen LogP contribution in [0.4, 0.5) is 8.78 Å². The van der Waals surface area contributed by atoms with Crippen LogP contribution in [0.5, 0.6) is 17.2 Å². The van der Waals surface area contributed by atoms with Crippen LogP contribution < -0.4 is 9.47 Å². The SMILES string of the molecule is O=CO.Oc1cncc(-c2ccc3c(c2)OC(F)(F)O3)c1. The minimum Gasteiger partial charge on any atom is -0.506 e. The molecular weight excluding hydrogens is 288 g/mol. The first-order valence-corrected chi connectivity index (χ1v) is 5.57. The van der Waals surface area contributed by atoms with Gasteiger partial charge in [0.1, 0.15) is 5.75 Å². The number of pyridine rings is 1. The van der Waals surface area contributed by atoms with Crippen LogP contribution in [0.2, 0.25) is 0 Å². The number of aromatic nitrogens is 1. The lowest BCUT2D eigenvalue weighted by molar-refractivity contribution is -0.286. The highest BCUT2D eigenvalue weighted by atomic mass is 19.3. The second-order valence-electron chi connectivity index (χ2n) is 3.87. The van der Waals surface area contributed by atoms with Crippen LogP contribution in [0.3, 0.4) is 0 Å². The van der Waals surface area contributed by atoms with Gasteiger partial charge in [-0.2, -0.15) is 0 Å². The summed E-state index contributed by atoms with van der Waals surface area (Å²) in [5, 5.41) is 16.2. The van der Waals surface area contributed by atoms with Crippen molar-refractivity contribution in [1.29, 1.82) is 0 Å². The van der Waals surface area contributed by atoms with Crippen LogP contribution in [0, 0.1) is 0 Å². The summed E-state index contributed by atoms with van der Waals surface area (Å²) in [5.74, 6) is -0.0619. The first kappa shape index (κ1) is 14.5. The van der Waals surface area contributed by atoms with Crippen molar-refractivity contribution in [2.24, 2.45) is 0 Å². The summed E-state index contributed by atoms with van der Waals surface area (Å²) in [4.78, 5) is 12.2. The van der Waals surface area contributed by atoms with Gasteiger partial charge in [-0.3, -0.25) is 9.78 Å². The van der Waals surface area contributed by atoms with E-state index in [0.29, 0.717) is 11.1 Å². The van der Waals surface area contributed by atoms with Crippen LogP contribution in [0.15, 0.2) is 36.7 Å². The Labute approximate surface area is 117 Å². The molecule has 0 atom stereocenters. The van der Waals surface area contributed by atoms with Crippen molar-refractivity contribution < 1.29 is 33.3 Å². The van der Waals surface area contributed by atoms with Crippen molar-refractivity contribution in [1.82, 2.24) is 4.98 Å². The van der Waals surface area contributed by atoms with E-state index < -0.39 is 6.29 Å². The fourth-order valence-corrected chi connectivity index (χ4v) is 1.71. The fourth-order valence-electron chi connectivity index (χ4n) is 1.71. The Morgan fingerprint density at radius 3 is 2.43 bits per heavy atom. The molecule has 0 aliphatic carbocycles. The molecule has 0 saturated heterocycles. The Hall–Kier alpha value is -2.90. The summed E-state index contributed by atoms with van der Waals surface area (Å²) in [7, 11) is 0. The molecule has 0 fully saturated rings. The molecule has 1 aromatic carbocycles. The molecule has 3 rings (SSSR count). The van der Waals surface area contributed by atoms with Crippen molar-refractivity contribution >= 4 is 6.47 Å². The molecule has 1 aromatic heterocycles. The second kappa shape index (κ2) is 5.61. The fraction of sp³-hybridized carbons (Fsp3) is 0.0769. The largest absolute Gasteiger partial charge is 0.586 e. The molecule has 21 heavy (non-hydrogen) atoms. The number of halogens is 2. The third kappa shape index (κ3) is 3.35. The average Bonchev–Trinajstić information content (AvgIpc) is 2.72. The Bertz CT molecular complexity index is 663. The quantitative estimate of drug-likeness (QED) is 0.786. The summed E-state index contributed by atoms with van der Waals surface area (Å²) in [5.41, 5.74) is 1.19. The molecule has 6 nitrogen and oxygen atoms in total. The Morgan fingerprint density at radius 2 is 1.76 bits per heavy atom. The second-order valence-corrected chi connectivity index (χ2v) is 3.87. The van der Waals surface area contributed by atoms with Crippen LogP contribution in [0.1, 0.15) is 0 Å². The van der Waals surface area contributed by atoms with Crippen LogP contribution in [-0.2, 0) is 4.79 Å². The molecule has 8 heteroatoms. The maximum Gasteiger partial charge on any atom is 0.586 e. The van der Waals surface area contributed by atoms with Crippen LogP contribution >= 0.6 is 0 Å². The first-order chi connectivity index (χ1) is 9.95. The lowest BCUT2D eigenvalue weighted by atomic mass is 10.1. The van der Waals surface area contributed by atoms with Gasteiger partial charge in [-0.05, 0) is 23.8 Å². The molecule has 0 unspecified atom stereocenters. The van der Waals surface area contributed by atoms with E-state index in [1.165, 1.54) is 30.6 Å². The van der Waals surface area contributed by atoms with Gasteiger partial charge in [-0.25, -0.2) is 0 Å². The molecule has 0 amide bonds. The maximum atomic E-state index is 12.8. The molecule has 2 heterocycles. The number of alkyl halides is 2. The van der Waals surface area contributed by atoms with Gasteiger partial charge in [0, 0.05) is 11.8 Å². The Morgan fingerprint density at radius 1 is 1.10 bits per heavy atom. The molecule has 0 spiro atoms. The Kier molecular flexibility index (Phi) is 3.88. The van der Waals surface area contributed by atoms with Gasteiger partial charge in [-0.1, -0.05) is 6.07 Å². The average molecular weight is 297 g/mol. The summed E-state index contributed by atoms with van der Waals surface area (Å²) < 4.78 is 34.3. The van der Waals surface area contributed by atoms with E-state index in [-0.39, 0.29) is 23.7 Å². The van der Waals surface area contributed by atoms with E-state index in [4.69, 9.17) is 9.90 Å². The Balaban J connectivity index is 0.000000497. The van der Waals surface area contributed by atoms with Gasteiger partial charge in [0.05, 0.1) is 6.20 Å². The van der Waals surface area contributed by atoms with E-state index >= 15 is 0 Å². The summed E-state index contributed by atoms with van der Waals surface area (Å²) in [6.07, 6.45) is -0.835. The summed E-state index contributed by atoms with van der Waals surface area (Å²) >= 11 is 0. The minimum atomic E-state index is -3.63. The number of rotatable bonds is 1. The van der Waals surface area contributed by atoms with Gasteiger partial charge >= 0.3 is 6.29 Å². The van der Waals surface area contributed by atoms with Gasteiger partial charge in [0.2, 0.25) is 0 Å². The van der Waals surface area contributed by atoms with Crippen LogP contribution in [-0.4, -0.2) is 28.0 Å². The van der Waals surface area contributed by atoms with Crippen molar-refractivity contribution in [3.05, 3.63) is 36.7 Å². The molecule has 0 bridgehead atoms. The predicted octanol–water partition coefficient (Wildman–Crippen LogP) is 2.48. The molecule has 1 aliphatic rings. The van der Waals surface area contributed by atoms with Gasteiger partial charge < -0.3 is 19.7 Å². The summed E-state index contributed by atoms with van der Waals surface area (Å²) in [6.45, 7) is -0.250. The van der Waals surface area contributed by atoms with E-state index in [0.717, 1.165) is 0 Å². The van der Waals surface area contributed by atoms with E-state index in [2.05, 4.69) is 14.5 Å². The number of aromatic hydroxyl groups is 1. The molecule has 2 aromatic rings. The van der Waals surface area contributed by atoms with E-state index in [1.807, 2.05) is 0 Å². The molecule has 2 N–H and O–H groups in total. The predicted molar refractivity (Wildman–Crippen MR) is 66.2 cm³/mol. The number of fused-ring (bicyclic) bond motifs is 1. The topological polar surface area (TPSA) is 88.9 Å². The monoisotopic (exact) mass is 297 g/mol. The minimum absolute atomic E-state index is 0.00417. The smallest absolute Gasteiger partial charge is 0.506 e. The number of carbonyl (C=O) groups is 1. The number of carboxylic acid groups (broad SMARTS) is 1. The van der Waals surface area contributed by atoms with Crippen LogP contribution in [0.25, 0.3) is 11.1 Å². The highest BCUT2D eigenvalue weighted by Crippen LogP contribution is 2.42. The normalized spacial score (nSPS) is 14.0. The lowest BCUT2D eigenvalue weighted by Crippen LogP contribution is -2.25. The van der Waals surface area contributed by atoms with Crippen molar-refractivity contribution in [2.45, 2.75) is 6.29 Å². The van der Waals surface area contributed by atoms with Gasteiger partial charge in [-0.15, -0.1) is 8.78 Å². The van der Waals surface area contributed by atoms with Crippen molar-refractivity contribution in [2.75, 3.05) is 0 Å². The zero-order valence-electron chi connectivity index (χ0n) is 10.4. The van der Waals surface area contributed by atoms with E-state index in [9.17, 15) is 13.9 Å². The third-order valence-electron chi connectivity index (χ3n) is 2.46. The highest BCUT2D eigenvalue weighted by molar-refractivity contribution is 5.67. The molecular formula is C13H9F2NO5. The number of nitrogens with zero attached hydrogens (tertiary/aromatic N) is 1. The lowest BCUT2D eigenvalue weighted by Gasteiger charge is -2.04. The van der Waals surface area contributed by atoms with Crippen molar-refractivity contribution in [3.63, 3.8) is 0 Å². The number of ether oxygens (including phenoxy) is 2. The zero-order valence-corrected chi connectivity index (χ0v) is 10.4. The molecule has 110 valence electrons. The number of hydrogen-bond donors (Lipinski definition) is 2. The van der Waals surface area contributed by atoms with Gasteiger partial charge in [0.25, 0.3) is 6.47 Å². The van der Waals surface area contributed by atoms with E-state index in [1.54, 1.807) is 6.07 Å². The number of hydrogen-bond acceptors (Lipinski definition) is 5. The first-order valence-electron chi connectivity index (χ1n) is 5.57. The zero-order chi connectivity index (χ0) is 15.5. The third-order valence-corrected chi connectivity index (χ3v) is 2.46. The summed E-state index contributed by atoms with van der Waals surface area (Å²) in [6, 6.07) is 5.85. The molecule has 1 aliphatic heterocycles. The standard InChI is InChI=1S/C12H7F2NO3.CH2O2/c13-12(14)17-10-2-1-7(4-11(10)18-12)8-3-9(16)6-15-5-8;2-1-3/h1-6,16H;1H,(H,2,3).